The summed E-state index contributed by atoms with van der Waals surface area (Å²) in [4.78, 5) is 16.2. The predicted molar refractivity (Wildman–Crippen MR) is 117 cm³/mol. The molecule has 3 rings (SSSR count). The zero-order chi connectivity index (χ0) is 24.0. The predicted octanol–water partition coefficient (Wildman–Crippen LogP) is 6.60. The van der Waals surface area contributed by atoms with Crippen molar-refractivity contribution < 1.29 is 31.9 Å². The standard InChI is InChI=1S/C25H24F3NO4/c1-4-17(14-23(30)31-5-2)19-7-6-8-21(13-19)32-15-22-16(3)33-24(29-22)18-9-11-20(12-10-18)25(26,27)28/h6-14H,4-5,15H2,1-3H3/b17-14-. The molecule has 0 fully saturated rings. The number of esters is 1. The average Bonchev–Trinajstić information content (AvgIpc) is 3.16. The molecule has 3 aromatic rings. The number of carbonyl (C=O) groups excluding carboxylic acids is 1. The van der Waals surface area contributed by atoms with E-state index in [0.717, 1.165) is 23.3 Å². The SMILES string of the molecule is CCOC(=O)/C=C(/CC)c1cccc(OCc2nc(-c3ccc(C(F)(F)F)cc3)oc2C)c1. The topological polar surface area (TPSA) is 61.6 Å². The van der Waals surface area contributed by atoms with Gasteiger partial charge in [-0.05, 0) is 67.8 Å². The van der Waals surface area contributed by atoms with E-state index in [4.69, 9.17) is 13.9 Å². The zero-order valence-electron chi connectivity index (χ0n) is 18.5. The van der Waals surface area contributed by atoms with Crippen LogP contribution in [0.15, 0.2) is 59.0 Å². The van der Waals surface area contributed by atoms with Crippen LogP contribution in [0.3, 0.4) is 0 Å². The number of rotatable bonds is 8. The summed E-state index contributed by atoms with van der Waals surface area (Å²) in [5, 5.41) is 0. The Morgan fingerprint density at radius 1 is 1.12 bits per heavy atom. The first-order valence-electron chi connectivity index (χ1n) is 10.5. The van der Waals surface area contributed by atoms with E-state index >= 15 is 0 Å². The highest BCUT2D eigenvalue weighted by atomic mass is 19.4. The number of hydrogen-bond donors (Lipinski definition) is 0. The summed E-state index contributed by atoms with van der Waals surface area (Å²) >= 11 is 0. The summed E-state index contributed by atoms with van der Waals surface area (Å²) < 4.78 is 54.8. The van der Waals surface area contributed by atoms with Crippen molar-refractivity contribution in [3.05, 3.63) is 77.2 Å². The Morgan fingerprint density at radius 3 is 2.48 bits per heavy atom. The van der Waals surface area contributed by atoms with Gasteiger partial charge in [0.2, 0.25) is 5.89 Å². The second-order valence-electron chi connectivity index (χ2n) is 7.19. The second-order valence-corrected chi connectivity index (χ2v) is 7.19. The normalized spacial score (nSPS) is 12.0. The molecule has 0 atom stereocenters. The van der Waals surface area contributed by atoms with Gasteiger partial charge < -0.3 is 13.9 Å². The number of carbonyl (C=O) groups is 1. The van der Waals surface area contributed by atoms with Gasteiger partial charge in [0.25, 0.3) is 0 Å². The lowest BCUT2D eigenvalue weighted by molar-refractivity contribution is -0.138. The first kappa shape index (κ1) is 24.1. The fraction of sp³-hybridized carbons (Fsp3) is 0.280. The maximum Gasteiger partial charge on any atom is 0.416 e. The van der Waals surface area contributed by atoms with Crippen LogP contribution in [0.1, 0.15) is 42.8 Å². The molecule has 174 valence electrons. The molecule has 0 saturated carbocycles. The van der Waals surface area contributed by atoms with Crippen molar-refractivity contribution in [2.75, 3.05) is 6.61 Å². The van der Waals surface area contributed by atoms with E-state index in [-0.39, 0.29) is 12.5 Å². The van der Waals surface area contributed by atoms with Crippen molar-refractivity contribution in [3.63, 3.8) is 0 Å². The minimum Gasteiger partial charge on any atom is -0.487 e. The van der Waals surface area contributed by atoms with Crippen LogP contribution in [-0.4, -0.2) is 17.6 Å². The van der Waals surface area contributed by atoms with Gasteiger partial charge in [-0.25, -0.2) is 9.78 Å². The first-order valence-corrected chi connectivity index (χ1v) is 10.5. The number of aromatic nitrogens is 1. The molecule has 1 aromatic heterocycles. The number of ether oxygens (including phenoxy) is 2. The van der Waals surface area contributed by atoms with Crippen LogP contribution < -0.4 is 4.74 Å². The first-order chi connectivity index (χ1) is 15.7. The van der Waals surface area contributed by atoms with Crippen molar-refractivity contribution in [1.29, 1.82) is 0 Å². The largest absolute Gasteiger partial charge is 0.487 e. The second kappa shape index (κ2) is 10.4. The molecule has 2 aromatic carbocycles. The molecule has 33 heavy (non-hydrogen) atoms. The summed E-state index contributed by atoms with van der Waals surface area (Å²) in [5.74, 6) is 0.917. The Labute approximate surface area is 189 Å². The molecule has 0 bridgehead atoms. The number of nitrogens with zero attached hydrogens (tertiary/aromatic N) is 1. The van der Waals surface area contributed by atoms with Crippen LogP contribution >= 0.6 is 0 Å². The highest BCUT2D eigenvalue weighted by Gasteiger charge is 2.30. The van der Waals surface area contributed by atoms with Crippen molar-refractivity contribution in [1.82, 2.24) is 4.98 Å². The molecule has 0 aliphatic heterocycles. The van der Waals surface area contributed by atoms with Crippen LogP contribution in [0.2, 0.25) is 0 Å². The molecule has 0 radical (unpaired) electrons. The van der Waals surface area contributed by atoms with Crippen molar-refractivity contribution >= 4 is 11.5 Å². The van der Waals surface area contributed by atoms with Crippen molar-refractivity contribution in [2.24, 2.45) is 0 Å². The minimum atomic E-state index is -4.40. The zero-order valence-corrected chi connectivity index (χ0v) is 18.5. The van der Waals surface area contributed by atoms with E-state index < -0.39 is 17.7 Å². The highest BCUT2D eigenvalue weighted by molar-refractivity contribution is 5.91. The van der Waals surface area contributed by atoms with Crippen LogP contribution in [0, 0.1) is 6.92 Å². The molecule has 0 spiro atoms. The fourth-order valence-electron chi connectivity index (χ4n) is 3.14. The summed E-state index contributed by atoms with van der Waals surface area (Å²) in [6, 6.07) is 11.9. The number of alkyl halides is 3. The molecule has 0 unspecified atom stereocenters. The van der Waals surface area contributed by atoms with Gasteiger partial charge in [-0.2, -0.15) is 13.2 Å². The van der Waals surface area contributed by atoms with Gasteiger partial charge in [0.1, 0.15) is 23.8 Å². The van der Waals surface area contributed by atoms with Crippen LogP contribution in [0.5, 0.6) is 5.75 Å². The molecule has 0 aliphatic rings. The van der Waals surface area contributed by atoms with E-state index in [2.05, 4.69) is 4.98 Å². The van der Waals surface area contributed by atoms with Gasteiger partial charge in [-0.15, -0.1) is 0 Å². The number of halogens is 3. The van der Waals surface area contributed by atoms with Gasteiger partial charge in [0.15, 0.2) is 0 Å². The van der Waals surface area contributed by atoms with Crippen molar-refractivity contribution in [3.8, 4) is 17.2 Å². The fourth-order valence-corrected chi connectivity index (χ4v) is 3.14. The van der Waals surface area contributed by atoms with Crippen LogP contribution in [-0.2, 0) is 22.3 Å². The van der Waals surface area contributed by atoms with Crippen LogP contribution in [0.25, 0.3) is 17.0 Å². The molecular formula is C25H24F3NO4. The Balaban J connectivity index is 1.73. The summed E-state index contributed by atoms with van der Waals surface area (Å²) in [6.45, 7) is 5.83. The van der Waals surface area contributed by atoms with Crippen molar-refractivity contribution in [2.45, 2.75) is 40.0 Å². The molecular weight excluding hydrogens is 435 g/mol. The lowest BCUT2D eigenvalue weighted by atomic mass is 10.0. The van der Waals surface area contributed by atoms with Gasteiger partial charge >= 0.3 is 12.1 Å². The monoisotopic (exact) mass is 459 g/mol. The van der Waals surface area contributed by atoms with Gasteiger partial charge in [-0.1, -0.05) is 19.1 Å². The molecule has 0 N–H and O–H groups in total. The lowest BCUT2D eigenvalue weighted by Gasteiger charge is -2.09. The number of benzene rings is 2. The maximum absolute atomic E-state index is 12.8. The molecule has 8 heteroatoms. The maximum atomic E-state index is 12.8. The summed E-state index contributed by atoms with van der Waals surface area (Å²) in [7, 11) is 0. The molecule has 0 saturated heterocycles. The van der Waals surface area contributed by atoms with E-state index in [9.17, 15) is 18.0 Å². The number of aryl methyl sites for hydroxylation is 1. The van der Waals surface area contributed by atoms with Crippen LogP contribution in [0.4, 0.5) is 13.2 Å². The van der Waals surface area contributed by atoms with E-state index in [0.29, 0.717) is 35.8 Å². The van der Waals surface area contributed by atoms with E-state index in [1.807, 2.05) is 25.1 Å². The molecule has 0 amide bonds. The smallest absolute Gasteiger partial charge is 0.416 e. The number of oxazole rings is 1. The average molecular weight is 459 g/mol. The Morgan fingerprint density at radius 2 is 1.85 bits per heavy atom. The third-order valence-electron chi connectivity index (χ3n) is 4.89. The highest BCUT2D eigenvalue weighted by Crippen LogP contribution is 2.31. The van der Waals surface area contributed by atoms with Gasteiger partial charge in [-0.3, -0.25) is 0 Å². The van der Waals surface area contributed by atoms with Gasteiger partial charge in [0.05, 0.1) is 12.2 Å². The third-order valence-corrected chi connectivity index (χ3v) is 4.89. The number of hydrogen-bond acceptors (Lipinski definition) is 5. The Bertz CT molecular complexity index is 1130. The third kappa shape index (κ3) is 6.25. The molecule has 1 heterocycles. The van der Waals surface area contributed by atoms with E-state index in [1.165, 1.54) is 18.2 Å². The minimum absolute atomic E-state index is 0.114. The lowest BCUT2D eigenvalue weighted by Crippen LogP contribution is -2.04. The van der Waals surface area contributed by atoms with Gasteiger partial charge in [0, 0.05) is 11.6 Å². The number of allylic oxidation sites excluding steroid dienone is 1. The Kier molecular flexibility index (Phi) is 7.58. The summed E-state index contributed by atoms with van der Waals surface area (Å²) in [5.41, 5.74) is 1.90. The molecule has 5 nitrogen and oxygen atoms in total. The quantitative estimate of drug-likeness (QED) is 0.280. The Hall–Kier alpha value is -3.55. The molecule has 0 aliphatic carbocycles. The van der Waals surface area contributed by atoms with E-state index in [1.54, 1.807) is 19.9 Å². The summed E-state index contributed by atoms with van der Waals surface area (Å²) in [6.07, 6.45) is -2.29.